The Balaban J connectivity index is 2.32. The van der Waals surface area contributed by atoms with Crippen molar-refractivity contribution in [3.63, 3.8) is 0 Å². The minimum absolute atomic E-state index is 0.231. The predicted octanol–water partition coefficient (Wildman–Crippen LogP) is 1.86. The number of imidazole rings is 1. The molecule has 3 aromatic rings. The van der Waals surface area contributed by atoms with Crippen molar-refractivity contribution < 1.29 is 18.0 Å². The fourth-order valence-corrected chi connectivity index (χ4v) is 2.96. The Morgan fingerprint density at radius 3 is 2.50 bits per heavy atom. The molecule has 6 heteroatoms. The second kappa shape index (κ2) is 4.43. The number of aromatic amines is 2. The number of fused-ring (bicyclic) bond motifs is 1. The molecule has 0 saturated carbocycles. The van der Waals surface area contributed by atoms with Gasteiger partial charge in [0.05, 0.1) is 5.56 Å². The van der Waals surface area contributed by atoms with E-state index in [1.165, 1.54) is 6.07 Å². The first-order valence-corrected chi connectivity index (χ1v) is 7.43. The molecular formula is C14H12N2O3S. The van der Waals surface area contributed by atoms with Crippen LogP contribution in [0.15, 0.2) is 47.4 Å². The van der Waals surface area contributed by atoms with Crippen LogP contribution in [0.2, 0.25) is 0 Å². The maximum Gasteiger partial charge on any atom is 0.285 e. The summed E-state index contributed by atoms with van der Waals surface area (Å²) in [5, 5.41) is 0. The molecule has 0 unspecified atom stereocenters. The van der Waals surface area contributed by atoms with E-state index in [-0.39, 0.29) is 4.90 Å². The molecule has 20 heavy (non-hydrogen) atoms. The maximum atomic E-state index is 11.4. The molecule has 0 aliphatic heterocycles. The third-order valence-electron chi connectivity index (χ3n) is 3.09. The Hall–Kier alpha value is -2.18. The Labute approximate surface area is 116 Å². The summed E-state index contributed by atoms with van der Waals surface area (Å²) >= 11 is 0. The topological polar surface area (TPSA) is 87.1 Å². The molecule has 0 radical (unpaired) electrons. The number of hydrogen-bond acceptors (Lipinski definition) is 3. The second-order valence-corrected chi connectivity index (χ2v) is 5.98. The smallest absolute Gasteiger partial charge is 0.285 e. The molecule has 0 bridgehead atoms. The standard InChI is InChI=1S/C14H12N2O3S/c1-9-7-11-13(12(8-9)20(17,18)19)16-14(15-11)10-5-3-2-4-6-10/h2-8H,1H3,(H,15,16)(H,17,18,19). The van der Waals surface area contributed by atoms with Gasteiger partial charge in [-0.2, -0.15) is 0 Å². The maximum absolute atomic E-state index is 11.4. The van der Waals surface area contributed by atoms with Gasteiger partial charge < -0.3 is 4.55 Å². The first kappa shape index (κ1) is 12.8. The highest BCUT2D eigenvalue weighted by molar-refractivity contribution is 7.86. The number of aromatic nitrogens is 2. The zero-order valence-electron chi connectivity index (χ0n) is 10.7. The van der Waals surface area contributed by atoms with E-state index in [2.05, 4.69) is 9.97 Å². The molecule has 102 valence electrons. The summed E-state index contributed by atoms with van der Waals surface area (Å²) in [7, 11) is -4.52. The summed E-state index contributed by atoms with van der Waals surface area (Å²) in [5.74, 6) is 0.663. The van der Waals surface area contributed by atoms with E-state index in [4.69, 9.17) is 0 Å². The Bertz CT molecular complexity index is 883. The zero-order valence-corrected chi connectivity index (χ0v) is 11.5. The normalized spacial score (nSPS) is 11.9. The van der Waals surface area contributed by atoms with Gasteiger partial charge in [-0.15, -0.1) is 0 Å². The zero-order chi connectivity index (χ0) is 14.3. The lowest BCUT2D eigenvalue weighted by atomic mass is 10.2. The number of rotatable bonds is 2. The highest BCUT2D eigenvalue weighted by Crippen LogP contribution is 2.23. The largest absolute Gasteiger partial charge is 0.744 e. The lowest BCUT2D eigenvalue weighted by molar-refractivity contribution is -0.332. The van der Waals surface area contributed by atoms with Crippen LogP contribution in [0.5, 0.6) is 0 Å². The highest BCUT2D eigenvalue weighted by atomic mass is 32.2. The van der Waals surface area contributed by atoms with Crippen molar-refractivity contribution in [1.82, 2.24) is 4.98 Å². The lowest BCUT2D eigenvalue weighted by Crippen LogP contribution is -2.08. The van der Waals surface area contributed by atoms with Crippen molar-refractivity contribution >= 4 is 21.2 Å². The number of benzene rings is 2. The van der Waals surface area contributed by atoms with Crippen molar-refractivity contribution in [3.8, 4) is 11.4 Å². The molecule has 1 heterocycles. The molecule has 3 rings (SSSR count). The van der Waals surface area contributed by atoms with E-state index >= 15 is 0 Å². The number of nitrogens with one attached hydrogen (secondary N) is 2. The van der Waals surface area contributed by atoms with Crippen LogP contribution >= 0.6 is 0 Å². The van der Waals surface area contributed by atoms with Crippen LogP contribution in [-0.4, -0.2) is 18.0 Å². The van der Waals surface area contributed by atoms with E-state index in [1.807, 2.05) is 30.3 Å². The molecule has 0 spiro atoms. The molecule has 0 amide bonds. The average Bonchev–Trinajstić information content (AvgIpc) is 2.81. The Morgan fingerprint density at radius 2 is 1.85 bits per heavy atom. The van der Waals surface area contributed by atoms with Crippen LogP contribution < -0.4 is 4.98 Å². The quantitative estimate of drug-likeness (QED) is 0.730. The highest BCUT2D eigenvalue weighted by Gasteiger charge is 2.19. The van der Waals surface area contributed by atoms with E-state index in [1.54, 1.807) is 13.0 Å². The van der Waals surface area contributed by atoms with Crippen molar-refractivity contribution in [1.29, 1.82) is 0 Å². The van der Waals surface area contributed by atoms with Gasteiger partial charge in [0.25, 0.3) is 5.82 Å². The molecule has 0 saturated heterocycles. The van der Waals surface area contributed by atoms with Crippen LogP contribution in [0.3, 0.4) is 0 Å². The average molecular weight is 288 g/mol. The molecule has 2 N–H and O–H groups in total. The fraction of sp³-hybridized carbons (Fsp3) is 0.0714. The van der Waals surface area contributed by atoms with Gasteiger partial charge in [0.2, 0.25) is 0 Å². The summed E-state index contributed by atoms with van der Waals surface area (Å²) in [4.78, 5) is 5.86. The molecule has 0 aliphatic carbocycles. The monoisotopic (exact) mass is 288 g/mol. The molecule has 5 nitrogen and oxygen atoms in total. The van der Waals surface area contributed by atoms with Crippen molar-refractivity contribution in [2.75, 3.05) is 0 Å². The van der Waals surface area contributed by atoms with Gasteiger partial charge in [0.1, 0.15) is 15.0 Å². The van der Waals surface area contributed by atoms with E-state index in [9.17, 15) is 13.0 Å². The molecular weight excluding hydrogens is 276 g/mol. The number of aryl methyl sites for hydroxylation is 1. The van der Waals surface area contributed by atoms with Crippen LogP contribution in [-0.2, 0) is 10.1 Å². The van der Waals surface area contributed by atoms with Gasteiger partial charge in [-0.25, -0.2) is 18.4 Å². The molecule has 1 aromatic heterocycles. The van der Waals surface area contributed by atoms with Crippen LogP contribution in [0.1, 0.15) is 5.56 Å². The second-order valence-electron chi connectivity index (χ2n) is 4.63. The third kappa shape index (κ3) is 2.19. The summed E-state index contributed by atoms with van der Waals surface area (Å²) in [6.07, 6.45) is 0. The summed E-state index contributed by atoms with van der Waals surface area (Å²) < 4.78 is 34.1. The Morgan fingerprint density at radius 1 is 1.15 bits per heavy atom. The minimum atomic E-state index is -4.52. The SMILES string of the molecule is Cc1cc(S(=O)(=O)[O-])c2[nH+]c(-c3ccccc3)[nH]c2c1. The van der Waals surface area contributed by atoms with Gasteiger partial charge in [-0.1, -0.05) is 18.2 Å². The van der Waals surface area contributed by atoms with E-state index in [0.717, 1.165) is 5.56 Å². The van der Waals surface area contributed by atoms with Gasteiger partial charge in [0.15, 0.2) is 11.0 Å². The fourth-order valence-electron chi connectivity index (χ4n) is 2.22. The lowest BCUT2D eigenvalue weighted by Gasteiger charge is -2.06. The van der Waals surface area contributed by atoms with E-state index < -0.39 is 10.1 Å². The van der Waals surface area contributed by atoms with Crippen molar-refractivity contribution in [3.05, 3.63) is 48.0 Å². The molecule has 0 aliphatic rings. The Kier molecular flexibility index (Phi) is 2.84. The number of hydrogen-bond donors (Lipinski definition) is 1. The van der Waals surface area contributed by atoms with Crippen molar-refractivity contribution in [2.24, 2.45) is 0 Å². The van der Waals surface area contributed by atoms with Crippen LogP contribution in [0.4, 0.5) is 0 Å². The molecule has 0 fully saturated rings. The van der Waals surface area contributed by atoms with Crippen LogP contribution in [0.25, 0.3) is 22.4 Å². The van der Waals surface area contributed by atoms with Gasteiger partial charge in [0, 0.05) is 0 Å². The summed E-state index contributed by atoms with van der Waals surface area (Å²) in [5.41, 5.74) is 2.50. The minimum Gasteiger partial charge on any atom is -0.744 e. The number of H-pyrrole nitrogens is 2. The van der Waals surface area contributed by atoms with E-state index in [0.29, 0.717) is 22.4 Å². The first-order valence-electron chi connectivity index (χ1n) is 6.02. The van der Waals surface area contributed by atoms with Gasteiger partial charge in [-0.05, 0) is 36.8 Å². The summed E-state index contributed by atoms with van der Waals surface area (Å²) in [6, 6.07) is 12.6. The van der Waals surface area contributed by atoms with Crippen molar-refractivity contribution in [2.45, 2.75) is 11.8 Å². The summed E-state index contributed by atoms with van der Waals surface area (Å²) in [6.45, 7) is 1.75. The first-order chi connectivity index (χ1) is 9.45. The van der Waals surface area contributed by atoms with Gasteiger partial charge in [-0.3, -0.25) is 0 Å². The van der Waals surface area contributed by atoms with Gasteiger partial charge >= 0.3 is 0 Å². The predicted molar refractivity (Wildman–Crippen MR) is 73.0 cm³/mol. The molecule has 0 atom stereocenters. The van der Waals surface area contributed by atoms with Crippen LogP contribution in [0, 0.1) is 6.92 Å². The third-order valence-corrected chi connectivity index (χ3v) is 3.95. The molecule has 2 aromatic carbocycles.